The fourth-order valence-electron chi connectivity index (χ4n) is 3.03. The van der Waals surface area contributed by atoms with Crippen LogP contribution in [0.15, 0.2) is 0 Å². The number of rotatable bonds is 6. The Hall–Kier alpha value is -1.14. The quantitative estimate of drug-likeness (QED) is 0.781. The van der Waals surface area contributed by atoms with Crippen LogP contribution in [0.3, 0.4) is 0 Å². The number of piperazine rings is 1. The molecule has 0 aromatic carbocycles. The summed E-state index contributed by atoms with van der Waals surface area (Å²) in [7, 11) is 0. The van der Waals surface area contributed by atoms with E-state index in [2.05, 4.69) is 17.1 Å². The summed E-state index contributed by atoms with van der Waals surface area (Å²) in [5, 5.41) is 2.84. The van der Waals surface area contributed by atoms with Gasteiger partial charge in [0.15, 0.2) is 0 Å². The van der Waals surface area contributed by atoms with E-state index in [0.29, 0.717) is 19.4 Å². The first kappa shape index (κ1) is 17.2. The van der Waals surface area contributed by atoms with Crippen LogP contribution < -0.4 is 5.32 Å². The average molecular weight is 311 g/mol. The second-order valence-electron chi connectivity index (χ2n) is 6.11. The highest BCUT2D eigenvalue weighted by atomic mass is 16.5. The fraction of sp³-hybridized carbons (Fsp3) is 0.875. The molecule has 2 heterocycles. The van der Waals surface area contributed by atoms with Gasteiger partial charge in [0.25, 0.3) is 0 Å². The lowest BCUT2D eigenvalue weighted by Crippen LogP contribution is -2.49. The van der Waals surface area contributed by atoms with Crippen molar-refractivity contribution in [1.82, 2.24) is 15.1 Å². The number of hydrogen-bond donors (Lipinski definition) is 1. The van der Waals surface area contributed by atoms with Gasteiger partial charge in [0, 0.05) is 45.8 Å². The zero-order valence-corrected chi connectivity index (χ0v) is 13.7. The number of amides is 2. The molecule has 0 spiro atoms. The number of carbonyl (C=O) groups is 2. The monoisotopic (exact) mass is 311 g/mol. The zero-order valence-electron chi connectivity index (χ0n) is 13.7. The highest BCUT2D eigenvalue weighted by molar-refractivity contribution is 5.79. The second kappa shape index (κ2) is 9.10. The third-order valence-corrected chi connectivity index (χ3v) is 4.52. The third-order valence-electron chi connectivity index (χ3n) is 4.52. The Morgan fingerprint density at radius 1 is 1.18 bits per heavy atom. The lowest BCUT2D eigenvalue weighted by Gasteiger charge is -2.34. The molecule has 0 radical (unpaired) electrons. The number of carbonyl (C=O) groups excluding carboxylic acids is 2. The van der Waals surface area contributed by atoms with Crippen LogP contribution in [0.5, 0.6) is 0 Å². The van der Waals surface area contributed by atoms with Crippen LogP contribution in [0.2, 0.25) is 0 Å². The Bertz CT molecular complexity index is 362. The maximum atomic E-state index is 12.1. The predicted octanol–water partition coefficient (Wildman–Crippen LogP) is 0.616. The molecular weight excluding hydrogens is 282 g/mol. The highest BCUT2D eigenvalue weighted by Gasteiger charge is 2.20. The number of hydrogen-bond acceptors (Lipinski definition) is 4. The molecule has 6 heteroatoms. The molecule has 22 heavy (non-hydrogen) atoms. The van der Waals surface area contributed by atoms with Gasteiger partial charge >= 0.3 is 0 Å². The molecule has 2 saturated heterocycles. The smallest absolute Gasteiger partial charge is 0.224 e. The third kappa shape index (κ3) is 5.57. The Morgan fingerprint density at radius 2 is 1.95 bits per heavy atom. The van der Waals surface area contributed by atoms with E-state index in [4.69, 9.17) is 4.74 Å². The summed E-state index contributed by atoms with van der Waals surface area (Å²) < 4.78 is 5.55. The van der Waals surface area contributed by atoms with E-state index in [9.17, 15) is 9.59 Å². The van der Waals surface area contributed by atoms with Gasteiger partial charge in [-0.15, -0.1) is 0 Å². The number of ether oxygens (including phenoxy) is 1. The maximum Gasteiger partial charge on any atom is 0.224 e. The van der Waals surface area contributed by atoms with Gasteiger partial charge in [-0.25, -0.2) is 0 Å². The van der Waals surface area contributed by atoms with Crippen molar-refractivity contribution in [2.75, 3.05) is 45.9 Å². The molecule has 0 bridgehead atoms. The van der Waals surface area contributed by atoms with E-state index in [1.54, 1.807) is 0 Å². The van der Waals surface area contributed by atoms with Gasteiger partial charge in [-0.1, -0.05) is 6.92 Å². The Balaban J connectivity index is 1.57. The number of nitrogens with zero attached hydrogens (tertiary/aromatic N) is 2. The molecule has 0 aliphatic carbocycles. The molecule has 1 unspecified atom stereocenters. The summed E-state index contributed by atoms with van der Waals surface area (Å²) in [4.78, 5) is 28.2. The lowest BCUT2D eigenvalue weighted by atomic mass is 10.1. The van der Waals surface area contributed by atoms with Crippen LogP contribution in [0.25, 0.3) is 0 Å². The second-order valence-corrected chi connectivity index (χ2v) is 6.11. The first-order valence-electron chi connectivity index (χ1n) is 8.57. The van der Waals surface area contributed by atoms with E-state index in [1.807, 2.05) is 4.90 Å². The van der Waals surface area contributed by atoms with Crippen molar-refractivity contribution >= 4 is 11.8 Å². The molecule has 2 rings (SSSR count). The van der Waals surface area contributed by atoms with Crippen LogP contribution in [-0.2, 0) is 14.3 Å². The minimum absolute atomic E-state index is 0.00416. The lowest BCUT2D eigenvalue weighted by molar-refractivity contribution is -0.133. The van der Waals surface area contributed by atoms with E-state index in [1.165, 1.54) is 0 Å². The molecular formula is C16H29N3O3. The molecule has 0 saturated carbocycles. The van der Waals surface area contributed by atoms with Gasteiger partial charge < -0.3 is 19.9 Å². The zero-order chi connectivity index (χ0) is 15.8. The number of likely N-dealkylation sites (N-methyl/N-ethyl adjacent to an activating group) is 1. The molecule has 1 atom stereocenters. The van der Waals surface area contributed by atoms with Gasteiger partial charge in [0.2, 0.25) is 11.8 Å². The number of nitrogens with one attached hydrogen (secondary N) is 1. The van der Waals surface area contributed by atoms with Crippen molar-refractivity contribution in [2.45, 2.75) is 45.1 Å². The molecule has 6 nitrogen and oxygen atoms in total. The van der Waals surface area contributed by atoms with E-state index >= 15 is 0 Å². The summed E-state index contributed by atoms with van der Waals surface area (Å²) in [5.74, 6) is 0.139. The van der Waals surface area contributed by atoms with E-state index < -0.39 is 0 Å². The topological polar surface area (TPSA) is 61.9 Å². The SMILES string of the molecule is CCN1CCN(C(=O)CCNC(=O)CC2CCCCO2)CC1. The summed E-state index contributed by atoms with van der Waals surface area (Å²) in [6, 6.07) is 0. The van der Waals surface area contributed by atoms with Crippen molar-refractivity contribution in [2.24, 2.45) is 0 Å². The molecule has 1 N–H and O–H groups in total. The fourth-order valence-corrected chi connectivity index (χ4v) is 3.03. The van der Waals surface area contributed by atoms with E-state index in [0.717, 1.165) is 58.6 Å². The Morgan fingerprint density at radius 3 is 2.59 bits per heavy atom. The largest absolute Gasteiger partial charge is 0.378 e. The predicted molar refractivity (Wildman–Crippen MR) is 84.5 cm³/mol. The standard InChI is InChI=1S/C16H29N3O3/c1-2-18-8-10-19(11-9-18)16(21)6-7-17-15(20)13-14-5-3-4-12-22-14/h14H,2-13H2,1H3,(H,17,20). The minimum atomic E-state index is -0.00416. The van der Waals surface area contributed by atoms with Crippen LogP contribution in [0, 0.1) is 0 Å². The molecule has 126 valence electrons. The molecule has 2 fully saturated rings. The summed E-state index contributed by atoms with van der Waals surface area (Å²) >= 11 is 0. The van der Waals surface area contributed by atoms with Crippen LogP contribution in [0.1, 0.15) is 39.0 Å². The van der Waals surface area contributed by atoms with Crippen molar-refractivity contribution in [1.29, 1.82) is 0 Å². The minimum Gasteiger partial charge on any atom is -0.378 e. The Labute approximate surface area is 133 Å². The summed E-state index contributed by atoms with van der Waals surface area (Å²) in [5.41, 5.74) is 0. The van der Waals surface area contributed by atoms with Gasteiger partial charge in [0.05, 0.1) is 12.5 Å². The highest BCUT2D eigenvalue weighted by Crippen LogP contribution is 2.15. The van der Waals surface area contributed by atoms with Crippen LogP contribution >= 0.6 is 0 Å². The molecule has 2 amide bonds. The average Bonchev–Trinajstić information content (AvgIpc) is 2.55. The van der Waals surface area contributed by atoms with Crippen molar-refractivity contribution in [3.63, 3.8) is 0 Å². The maximum absolute atomic E-state index is 12.1. The van der Waals surface area contributed by atoms with Crippen molar-refractivity contribution in [3.8, 4) is 0 Å². The summed E-state index contributed by atoms with van der Waals surface area (Å²) in [6.45, 7) is 7.89. The Kier molecular flexibility index (Phi) is 7.12. The van der Waals surface area contributed by atoms with Crippen molar-refractivity contribution in [3.05, 3.63) is 0 Å². The first-order valence-corrected chi connectivity index (χ1v) is 8.57. The van der Waals surface area contributed by atoms with Crippen LogP contribution in [0.4, 0.5) is 0 Å². The molecule has 2 aliphatic heterocycles. The first-order chi connectivity index (χ1) is 10.7. The molecule has 0 aromatic heterocycles. The van der Waals surface area contributed by atoms with Gasteiger partial charge in [0.1, 0.15) is 0 Å². The molecule has 0 aromatic rings. The van der Waals surface area contributed by atoms with E-state index in [-0.39, 0.29) is 17.9 Å². The van der Waals surface area contributed by atoms with Gasteiger partial charge in [-0.3, -0.25) is 9.59 Å². The van der Waals surface area contributed by atoms with Gasteiger partial charge in [-0.05, 0) is 25.8 Å². The normalized spacial score (nSPS) is 23.3. The summed E-state index contributed by atoms with van der Waals surface area (Å²) in [6.07, 6.45) is 4.07. The van der Waals surface area contributed by atoms with Gasteiger partial charge in [-0.2, -0.15) is 0 Å². The molecule has 2 aliphatic rings. The van der Waals surface area contributed by atoms with Crippen LogP contribution in [-0.4, -0.2) is 73.6 Å². The van der Waals surface area contributed by atoms with Crippen molar-refractivity contribution < 1.29 is 14.3 Å².